The van der Waals surface area contributed by atoms with Gasteiger partial charge in [0.05, 0.1) is 45.9 Å². The van der Waals surface area contributed by atoms with Gasteiger partial charge in [-0.3, -0.25) is 29.3 Å². The van der Waals surface area contributed by atoms with Gasteiger partial charge in [0.1, 0.15) is 30.2 Å². The summed E-state index contributed by atoms with van der Waals surface area (Å²) in [5.74, 6) is 1.13. The van der Waals surface area contributed by atoms with Crippen LogP contribution in [0, 0.1) is 11.7 Å². The van der Waals surface area contributed by atoms with E-state index >= 15 is 4.39 Å². The summed E-state index contributed by atoms with van der Waals surface area (Å²) in [5, 5.41) is 19.1. The van der Waals surface area contributed by atoms with Gasteiger partial charge in [-0.25, -0.2) is 19.2 Å². The van der Waals surface area contributed by atoms with Gasteiger partial charge in [0.25, 0.3) is 0 Å². The van der Waals surface area contributed by atoms with E-state index in [0.717, 1.165) is 68.4 Å². The van der Waals surface area contributed by atoms with Crippen LogP contribution in [0.1, 0.15) is 25.0 Å². The second-order valence-corrected chi connectivity index (χ2v) is 22.9. The van der Waals surface area contributed by atoms with E-state index in [4.69, 9.17) is 9.72 Å². The highest BCUT2D eigenvalue weighted by Crippen LogP contribution is 2.44. The molecule has 10 rings (SSSR count). The number of halogens is 5. The van der Waals surface area contributed by atoms with Crippen LogP contribution >= 0.6 is 23.1 Å². The molecule has 0 unspecified atom stereocenters. The van der Waals surface area contributed by atoms with E-state index < -0.39 is 25.0 Å². The number of fused-ring (bicyclic) bond motifs is 2. The topological polar surface area (TPSA) is 184 Å². The number of amides is 3. The fraction of sp³-hybridized carbons (Fsp3) is 0.367. The molecule has 0 radical (unpaired) electrons. The summed E-state index contributed by atoms with van der Waals surface area (Å²) in [6, 6.07) is 11.9. The standard InChI is InChI=1S/C49H52BrF4N14O4P/c1-63-27-29(24-56-63)31-21-37(59-47-55-25-33(50)45(61-47)58-36-8-7-35-30(44(36)73(4,5)71)6-9-42(57-35)49(52,53)54)41(72-3)23-39(31)66-13-10-28(11-14-66)26-65-16-18-67(19-17-65)40-22-38-32(20-34(40)51)46(62-64(38)2)68-15-12-43(69)60-48(68)70/h6-9,20-25,27-28H,10-19,26H2,1-5H3,(H,60,69,70)(H2,55,58,59,61). The quantitative estimate of drug-likeness (QED) is 0.0782. The monoisotopic (exact) mass is 1090 g/mol. The average molecular weight is 1090 g/mol. The summed E-state index contributed by atoms with van der Waals surface area (Å²) in [6.45, 7) is 8.70. The van der Waals surface area contributed by atoms with Gasteiger partial charge >= 0.3 is 12.2 Å². The normalized spacial score (nSPS) is 16.4. The molecular weight excluding hydrogens is 1040 g/mol. The number of aryl methyl sites for hydroxylation is 2. The molecule has 7 heterocycles. The van der Waals surface area contributed by atoms with E-state index in [1.165, 1.54) is 23.1 Å². The second kappa shape index (κ2) is 19.5. The molecule has 3 aromatic carbocycles. The number of alkyl halides is 3. The number of carbonyl (C=O) groups is 2. The van der Waals surface area contributed by atoms with Crippen molar-refractivity contribution in [2.45, 2.75) is 25.4 Å². The number of imide groups is 1. The Morgan fingerprint density at radius 3 is 2.32 bits per heavy atom. The number of hydrogen-bond acceptors (Lipinski definition) is 14. The summed E-state index contributed by atoms with van der Waals surface area (Å²) in [6.07, 6.45) is 2.77. The summed E-state index contributed by atoms with van der Waals surface area (Å²) in [4.78, 5) is 45.7. The number of piperazine rings is 1. The lowest BCUT2D eigenvalue weighted by Crippen LogP contribution is -2.49. The van der Waals surface area contributed by atoms with Crippen LogP contribution in [0.2, 0.25) is 0 Å². The van der Waals surface area contributed by atoms with Crippen LogP contribution in [0.25, 0.3) is 32.9 Å². The Morgan fingerprint density at radius 1 is 0.877 bits per heavy atom. The van der Waals surface area contributed by atoms with Crippen LogP contribution in [0.3, 0.4) is 0 Å². The van der Waals surface area contributed by atoms with Crippen LogP contribution in [0.15, 0.2) is 71.6 Å². The second-order valence-electron chi connectivity index (χ2n) is 18.9. The Morgan fingerprint density at radius 2 is 1.63 bits per heavy atom. The van der Waals surface area contributed by atoms with Crippen LogP contribution in [-0.2, 0) is 29.6 Å². The van der Waals surface area contributed by atoms with Crippen molar-refractivity contribution in [1.29, 1.82) is 0 Å². The SMILES string of the molecule is COc1cc(N2CCC(CN3CCN(c4cc5c(cc4F)c(N4CCC(=O)NC4=O)nn5C)CC3)CC2)c(-c2cnn(C)c2)cc1Nc1ncc(Br)c(Nc2ccc3nc(C(F)(F)F)ccc3c2P(C)(C)=O)n1. The van der Waals surface area contributed by atoms with Crippen molar-refractivity contribution < 1.29 is 36.5 Å². The van der Waals surface area contributed by atoms with E-state index in [2.05, 4.69) is 66.7 Å². The molecular formula is C49H52BrF4N14O4P. The van der Waals surface area contributed by atoms with Gasteiger partial charge < -0.3 is 29.7 Å². The zero-order valence-corrected chi connectivity index (χ0v) is 43.1. The van der Waals surface area contributed by atoms with E-state index in [1.54, 1.807) is 55.2 Å². The number of urea groups is 1. The van der Waals surface area contributed by atoms with Crippen molar-refractivity contribution in [3.63, 3.8) is 0 Å². The molecule has 4 aromatic heterocycles. The molecule has 73 heavy (non-hydrogen) atoms. The first-order chi connectivity index (χ1) is 34.8. The molecule has 3 amide bonds. The molecule has 0 atom stereocenters. The van der Waals surface area contributed by atoms with Crippen LogP contribution < -0.4 is 40.7 Å². The first kappa shape index (κ1) is 49.7. The van der Waals surface area contributed by atoms with Gasteiger partial charge in [0.2, 0.25) is 11.9 Å². The minimum Gasteiger partial charge on any atom is -0.494 e. The molecule has 0 saturated carbocycles. The minimum absolute atomic E-state index is 0.0702. The zero-order valence-electron chi connectivity index (χ0n) is 40.6. The Kier molecular flexibility index (Phi) is 13.3. The molecule has 3 aliphatic heterocycles. The first-order valence-corrected chi connectivity index (χ1v) is 27.0. The molecule has 0 spiro atoms. The Hall–Kier alpha value is -6.84. The largest absolute Gasteiger partial charge is 0.494 e. The van der Waals surface area contributed by atoms with E-state index in [1.807, 2.05) is 31.6 Å². The predicted octanol–water partition coefficient (Wildman–Crippen LogP) is 8.46. The fourth-order valence-electron chi connectivity index (χ4n) is 10.0. The lowest BCUT2D eigenvalue weighted by Gasteiger charge is -2.40. The van der Waals surface area contributed by atoms with Gasteiger partial charge in [-0.15, -0.1) is 0 Å². The summed E-state index contributed by atoms with van der Waals surface area (Å²) < 4.78 is 80.0. The Balaban J connectivity index is 0.820. The number of benzene rings is 3. The summed E-state index contributed by atoms with van der Waals surface area (Å²) in [5.41, 5.74) is 4.02. The number of rotatable bonds is 12. The van der Waals surface area contributed by atoms with E-state index in [9.17, 15) is 27.3 Å². The van der Waals surface area contributed by atoms with Gasteiger partial charge in [-0.1, -0.05) is 0 Å². The van der Waals surface area contributed by atoms with Crippen molar-refractivity contribution >= 4 is 102 Å². The minimum atomic E-state index is -4.63. The van der Waals surface area contributed by atoms with Crippen molar-refractivity contribution in [3.8, 4) is 16.9 Å². The van der Waals surface area contributed by atoms with Gasteiger partial charge in [0.15, 0.2) is 5.82 Å². The smallest absolute Gasteiger partial charge is 0.433 e. The summed E-state index contributed by atoms with van der Waals surface area (Å²) >= 11 is 3.53. The molecule has 3 saturated heterocycles. The third kappa shape index (κ3) is 10.1. The van der Waals surface area contributed by atoms with Gasteiger partial charge in [0, 0.05) is 124 Å². The van der Waals surface area contributed by atoms with Crippen molar-refractivity contribution in [1.82, 2.24) is 44.7 Å². The zero-order chi connectivity index (χ0) is 51.5. The van der Waals surface area contributed by atoms with Crippen LogP contribution in [0.5, 0.6) is 5.75 Å². The summed E-state index contributed by atoms with van der Waals surface area (Å²) in [7, 11) is 2.14. The maximum atomic E-state index is 15.8. The first-order valence-electron chi connectivity index (χ1n) is 23.6. The van der Waals surface area contributed by atoms with Gasteiger partial charge in [-0.05, 0) is 90.5 Å². The van der Waals surface area contributed by atoms with E-state index in [-0.39, 0.29) is 36.2 Å². The molecule has 3 aliphatic rings. The number of ether oxygens (including phenoxy) is 1. The number of nitrogens with zero attached hydrogens (tertiary/aromatic N) is 11. The number of piperidine rings is 1. The molecule has 7 aromatic rings. The highest BCUT2D eigenvalue weighted by Gasteiger charge is 2.34. The molecule has 24 heteroatoms. The van der Waals surface area contributed by atoms with Crippen molar-refractivity contribution in [3.05, 3.63) is 83.1 Å². The number of methoxy groups -OCH3 is 1. The third-order valence-corrected chi connectivity index (χ3v) is 15.8. The molecule has 3 N–H and O–H groups in total. The maximum Gasteiger partial charge on any atom is 0.433 e. The number of anilines is 7. The maximum absolute atomic E-state index is 15.8. The molecule has 0 aliphatic carbocycles. The molecule has 382 valence electrons. The molecule has 0 bridgehead atoms. The number of nitrogens with one attached hydrogen (secondary N) is 3. The van der Waals surface area contributed by atoms with Crippen molar-refractivity contribution in [2.24, 2.45) is 20.0 Å². The molecule has 3 fully saturated rings. The van der Waals surface area contributed by atoms with E-state index in [0.29, 0.717) is 79.5 Å². The molecule has 18 nitrogen and oxygen atoms in total. The number of pyridine rings is 1. The Labute approximate surface area is 425 Å². The average Bonchev–Trinajstić information content (AvgIpc) is 3.93. The highest BCUT2D eigenvalue weighted by atomic mass is 79.9. The number of aromatic nitrogens is 7. The number of hydrogen-bond donors (Lipinski definition) is 3. The Bertz CT molecular complexity index is 3350. The fourth-order valence-corrected chi connectivity index (χ4v) is 11.8. The number of carbonyl (C=O) groups excluding carboxylic acids is 2. The van der Waals surface area contributed by atoms with Crippen LogP contribution in [0.4, 0.5) is 62.7 Å². The highest BCUT2D eigenvalue weighted by molar-refractivity contribution is 9.10. The predicted molar refractivity (Wildman–Crippen MR) is 277 cm³/mol. The van der Waals surface area contributed by atoms with Crippen LogP contribution in [-0.4, -0.2) is 124 Å². The van der Waals surface area contributed by atoms with Crippen molar-refractivity contribution in [2.75, 3.05) is 98.1 Å². The van der Waals surface area contributed by atoms with Gasteiger partial charge in [-0.2, -0.15) is 28.4 Å². The third-order valence-electron chi connectivity index (χ3n) is 13.6. The lowest BCUT2D eigenvalue weighted by molar-refractivity contribution is -0.141. The lowest BCUT2D eigenvalue weighted by atomic mass is 9.94.